The summed E-state index contributed by atoms with van der Waals surface area (Å²) >= 11 is 0. The summed E-state index contributed by atoms with van der Waals surface area (Å²) in [5, 5.41) is 27.8. The Morgan fingerprint density at radius 2 is 0.750 bits per heavy atom. The van der Waals surface area contributed by atoms with Crippen molar-refractivity contribution in [2.45, 2.75) is 40.0 Å². The van der Waals surface area contributed by atoms with E-state index in [0.717, 1.165) is 0 Å². The zero-order valence-electron chi connectivity index (χ0n) is 9.42. The van der Waals surface area contributed by atoms with Crippen LogP contribution in [0, 0.1) is 0 Å². The van der Waals surface area contributed by atoms with Crippen LogP contribution in [-0.2, 0) is 34.2 Å². The van der Waals surface area contributed by atoms with Gasteiger partial charge in [-0.25, -0.2) is 0 Å². The first-order valence-electron chi connectivity index (χ1n) is 4.41. The van der Waals surface area contributed by atoms with Crippen LogP contribution in [0.3, 0.4) is 0 Å². The summed E-state index contributed by atoms with van der Waals surface area (Å²) in [5.41, 5.74) is 0. The van der Waals surface area contributed by atoms with E-state index in [2.05, 4.69) is 0 Å². The first-order chi connectivity index (χ1) is 6.81. The fraction of sp³-hybridized carbons (Fsp3) is 0.667. The molecule has 0 bridgehead atoms. The van der Waals surface area contributed by atoms with Gasteiger partial charge >= 0.3 is 19.8 Å². The summed E-state index contributed by atoms with van der Waals surface area (Å²) in [7, 11) is 0. The quantitative estimate of drug-likeness (QED) is 0.506. The van der Waals surface area contributed by atoms with Gasteiger partial charge in [0.1, 0.15) is 0 Å². The molecule has 0 heterocycles. The van der Waals surface area contributed by atoms with Crippen LogP contribution in [0.25, 0.3) is 0 Å². The molecule has 0 amide bonds. The Morgan fingerprint density at radius 3 is 0.750 bits per heavy atom. The Balaban J connectivity index is -0.0000000655. The van der Waals surface area contributed by atoms with Gasteiger partial charge in [-0.05, 0) is 19.3 Å². The van der Waals surface area contributed by atoms with Gasteiger partial charge in [-0.2, -0.15) is 0 Å². The van der Waals surface area contributed by atoms with Gasteiger partial charge in [0.25, 0.3) is 0 Å². The van der Waals surface area contributed by atoms with Crippen molar-refractivity contribution in [3.05, 3.63) is 0 Å². The smallest absolute Gasteiger partial charge is 0.550 e. The van der Waals surface area contributed by atoms with Gasteiger partial charge in [0.05, 0.1) is 0 Å². The van der Waals surface area contributed by atoms with E-state index in [0.29, 0.717) is 0 Å². The molecule has 16 heavy (non-hydrogen) atoms. The third-order valence-electron chi connectivity index (χ3n) is 0.866. The van der Waals surface area contributed by atoms with E-state index in [9.17, 15) is 29.7 Å². The van der Waals surface area contributed by atoms with Crippen molar-refractivity contribution < 1.29 is 49.5 Å². The van der Waals surface area contributed by atoms with E-state index < -0.39 is 17.9 Å². The second-order valence-corrected chi connectivity index (χ2v) is 2.18. The molecule has 7 heteroatoms. The average molecular weight is 409 g/mol. The Kier molecular flexibility index (Phi) is 29.8. The molecule has 1 radical (unpaired) electrons. The maximum absolute atomic E-state index is 9.26. The molecule has 0 aliphatic carbocycles. The molecule has 0 aromatic rings. The fourth-order valence-corrected chi connectivity index (χ4v) is 0. The van der Waals surface area contributed by atoms with Gasteiger partial charge in [-0.3, -0.25) is 0 Å². The maximum Gasteiger partial charge on any atom is 3.00 e. The number of carbonyl (C=O) groups excluding carboxylic acids is 3. The Bertz CT molecular complexity index is 159. The molecule has 0 fully saturated rings. The number of carboxylic acids is 3. The van der Waals surface area contributed by atoms with Gasteiger partial charge in [0.2, 0.25) is 0 Å². The Hall–Kier alpha value is -0.954. The molecule has 0 saturated heterocycles. The van der Waals surface area contributed by atoms with Crippen molar-refractivity contribution in [1.82, 2.24) is 0 Å². The summed E-state index contributed by atoms with van der Waals surface area (Å²) in [5.74, 6) is -2.99. The predicted molar refractivity (Wildman–Crippen MR) is 45.9 cm³/mol. The number of aliphatic carboxylic acids is 3. The van der Waals surface area contributed by atoms with Crippen molar-refractivity contribution in [2.24, 2.45) is 0 Å². The monoisotopic (exact) mass is 411 g/mol. The van der Waals surface area contributed by atoms with E-state index in [1.165, 1.54) is 20.8 Å². The second kappa shape index (κ2) is 19.6. The normalized spacial score (nSPS) is 6.94. The minimum absolute atomic E-state index is 0. The number of carboxylic acid groups (broad SMARTS) is 3. The minimum atomic E-state index is -0.995. The number of hydrogen-bond acceptors (Lipinski definition) is 6. The first kappa shape index (κ1) is 24.3. The van der Waals surface area contributed by atoms with Crippen LogP contribution >= 0.6 is 0 Å². The molecular weight excluding hydrogens is 394 g/mol. The van der Waals surface area contributed by atoms with Gasteiger partial charge in [0.15, 0.2) is 0 Å². The van der Waals surface area contributed by atoms with Crippen molar-refractivity contribution in [1.29, 1.82) is 0 Å². The van der Waals surface area contributed by atoms with E-state index >= 15 is 0 Å². The molecular formula is C9H15O6Os. The largest absolute Gasteiger partial charge is 3.00 e. The summed E-state index contributed by atoms with van der Waals surface area (Å²) in [6.07, 6.45) is 0.333. The molecule has 0 unspecified atom stereocenters. The molecule has 95 valence electrons. The van der Waals surface area contributed by atoms with E-state index in [-0.39, 0.29) is 39.1 Å². The van der Waals surface area contributed by atoms with Crippen LogP contribution in [0.5, 0.6) is 0 Å². The molecule has 0 N–H and O–H groups in total. The number of carbonyl (C=O) groups is 3. The maximum atomic E-state index is 9.26. The van der Waals surface area contributed by atoms with E-state index in [1.807, 2.05) is 0 Å². The van der Waals surface area contributed by atoms with Gasteiger partial charge in [0, 0.05) is 17.9 Å². The predicted octanol–water partition coefficient (Wildman–Crippen LogP) is -2.56. The summed E-state index contributed by atoms with van der Waals surface area (Å²) < 4.78 is 0. The van der Waals surface area contributed by atoms with E-state index in [4.69, 9.17) is 0 Å². The minimum Gasteiger partial charge on any atom is -0.550 e. The van der Waals surface area contributed by atoms with Crippen molar-refractivity contribution in [3.8, 4) is 0 Å². The molecule has 0 aliphatic rings. The molecule has 0 atom stereocenters. The third kappa shape index (κ3) is 74.3. The fourth-order valence-electron chi connectivity index (χ4n) is 0. The molecule has 0 saturated carbocycles. The SMILES string of the molecule is CCC(=O)[O-].CCC(=O)[O-].CCC(=O)[O-].[Os+3]. The number of rotatable bonds is 3. The van der Waals surface area contributed by atoms with Crippen LogP contribution in [0.1, 0.15) is 40.0 Å². The summed E-state index contributed by atoms with van der Waals surface area (Å²) in [6.45, 7) is 4.61. The zero-order chi connectivity index (χ0) is 12.9. The molecule has 0 rings (SSSR count). The van der Waals surface area contributed by atoms with Crippen LogP contribution in [-0.4, -0.2) is 17.9 Å². The Labute approximate surface area is 108 Å². The van der Waals surface area contributed by atoms with Gasteiger partial charge < -0.3 is 29.7 Å². The van der Waals surface area contributed by atoms with E-state index in [1.54, 1.807) is 0 Å². The molecule has 0 aromatic heterocycles. The zero-order valence-corrected chi connectivity index (χ0v) is 12.0. The van der Waals surface area contributed by atoms with Crippen LogP contribution < -0.4 is 15.3 Å². The molecule has 6 nitrogen and oxygen atoms in total. The molecule has 0 aromatic carbocycles. The van der Waals surface area contributed by atoms with Gasteiger partial charge in [-0.1, -0.05) is 20.8 Å². The number of hydrogen-bond donors (Lipinski definition) is 0. The van der Waals surface area contributed by atoms with Crippen molar-refractivity contribution in [3.63, 3.8) is 0 Å². The standard InChI is InChI=1S/3C3H6O2.Os/c3*1-2-3(4)5;/h3*2H2,1H3,(H,4,5);/q;;;+3/p-3. The van der Waals surface area contributed by atoms with Crippen molar-refractivity contribution in [2.75, 3.05) is 0 Å². The topological polar surface area (TPSA) is 120 Å². The Morgan fingerprint density at radius 1 is 0.688 bits per heavy atom. The van der Waals surface area contributed by atoms with Crippen LogP contribution in [0.15, 0.2) is 0 Å². The second-order valence-electron chi connectivity index (χ2n) is 2.18. The third-order valence-corrected chi connectivity index (χ3v) is 0.866. The summed E-state index contributed by atoms with van der Waals surface area (Å²) in [6, 6.07) is 0. The molecule has 0 aliphatic heterocycles. The van der Waals surface area contributed by atoms with Gasteiger partial charge in [-0.15, -0.1) is 0 Å². The van der Waals surface area contributed by atoms with Crippen LogP contribution in [0.4, 0.5) is 0 Å². The molecule has 0 spiro atoms. The first-order valence-corrected chi connectivity index (χ1v) is 4.41. The van der Waals surface area contributed by atoms with Crippen molar-refractivity contribution >= 4 is 17.9 Å². The summed E-state index contributed by atoms with van der Waals surface area (Å²) in [4.78, 5) is 27.8. The van der Waals surface area contributed by atoms with Crippen LogP contribution in [0.2, 0.25) is 0 Å². The average Bonchev–Trinajstić information content (AvgIpc) is 2.19.